The monoisotopic (exact) mass is 354 g/mol. The van der Waals surface area contributed by atoms with E-state index in [1.54, 1.807) is 6.92 Å². The molecular weight excluding hydrogens is 324 g/mol. The summed E-state index contributed by atoms with van der Waals surface area (Å²) >= 11 is 0. The number of hydrogen-bond acceptors (Lipinski definition) is 5. The lowest BCUT2D eigenvalue weighted by Gasteiger charge is -2.31. The van der Waals surface area contributed by atoms with Gasteiger partial charge in [-0.25, -0.2) is 0 Å². The molecule has 142 valence electrons. The normalized spacial score (nSPS) is 27.5. The molecule has 2 N–H and O–H groups in total. The molecular formula is C18H30N2O5. The van der Waals surface area contributed by atoms with E-state index in [2.05, 4.69) is 5.32 Å². The number of nitrogens with zero attached hydrogens (tertiary/aromatic N) is 1. The van der Waals surface area contributed by atoms with Crippen molar-refractivity contribution in [3.8, 4) is 0 Å². The van der Waals surface area contributed by atoms with Gasteiger partial charge in [-0.2, -0.15) is 0 Å². The average molecular weight is 354 g/mol. The van der Waals surface area contributed by atoms with Gasteiger partial charge in [0.05, 0.1) is 12.6 Å². The van der Waals surface area contributed by atoms with Crippen LogP contribution in [0.15, 0.2) is 0 Å². The van der Waals surface area contributed by atoms with Crippen LogP contribution >= 0.6 is 0 Å². The van der Waals surface area contributed by atoms with Crippen molar-refractivity contribution in [1.29, 1.82) is 0 Å². The van der Waals surface area contributed by atoms with Gasteiger partial charge in [0.15, 0.2) is 0 Å². The van der Waals surface area contributed by atoms with Crippen LogP contribution in [0.5, 0.6) is 0 Å². The van der Waals surface area contributed by atoms with Crippen molar-refractivity contribution in [3.63, 3.8) is 0 Å². The lowest BCUT2D eigenvalue weighted by atomic mass is 9.97. The van der Waals surface area contributed by atoms with Gasteiger partial charge in [-0.1, -0.05) is 19.8 Å². The van der Waals surface area contributed by atoms with Gasteiger partial charge in [-0.3, -0.25) is 19.7 Å². The number of fused-ring (bicyclic) bond motifs is 1. The molecule has 1 amide bonds. The fourth-order valence-electron chi connectivity index (χ4n) is 4.17. The number of aliphatic carboxylic acids is 1. The predicted octanol–water partition coefficient (Wildman–Crippen LogP) is 1.55. The van der Waals surface area contributed by atoms with Gasteiger partial charge >= 0.3 is 11.9 Å². The first-order valence-electron chi connectivity index (χ1n) is 9.42. The molecule has 2 fully saturated rings. The Balaban J connectivity index is 2.14. The van der Waals surface area contributed by atoms with Gasteiger partial charge in [0, 0.05) is 6.04 Å². The highest BCUT2D eigenvalue weighted by Crippen LogP contribution is 2.36. The summed E-state index contributed by atoms with van der Waals surface area (Å²) in [6.45, 7) is 3.77. The van der Waals surface area contributed by atoms with Gasteiger partial charge in [0.25, 0.3) is 0 Å². The summed E-state index contributed by atoms with van der Waals surface area (Å²) in [5, 5.41) is 12.4. The number of carboxylic acid groups (broad SMARTS) is 1. The topological polar surface area (TPSA) is 95.9 Å². The standard InChI is InChI=1S/C18H30N2O5/c1-3-6-14(18(24)25-4-2)19-13-10-9-12-7-5-8-15(12)20(17(13)23)11-16(21)22/h12-15,19H,3-11H2,1-2H3,(H,21,22)/t12?,13?,14-,15?/m0/s1. The molecule has 4 atom stereocenters. The van der Waals surface area contributed by atoms with Crippen LogP contribution in [0.3, 0.4) is 0 Å². The highest BCUT2D eigenvalue weighted by atomic mass is 16.5. The third kappa shape index (κ3) is 4.93. The SMILES string of the molecule is CCC[C@H](NC1CCC2CCCC2N(CC(=O)O)C1=O)C(=O)OCC. The van der Waals surface area contributed by atoms with E-state index in [0.29, 0.717) is 25.4 Å². The zero-order valence-electron chi connectivity index (χ0n) is 15.2. The first kappa shape index (κ1) is 19.7. The van der Waals surface area contributed by atoms with E-state index in [-0.39, 0.29) is 24.5 Å². The lowest BCUT2D eigenvalue weighted by molar-refractivity contribution is -0.149. The minimum Gasteiger partial charge on any atom is -0.480 e. The number of esters is 1. The molecule has 1 aliphatic heterocycles. The minimum atomic E-state index is -0.991. The number of carbonyl (C=O) groups excluding carboxylic acids is 2. The molecule has 1 heterocycles. The van der Waals surface area contributed by atoms with Gasteiger partial charge in [0.1, 0.15) is 12.6 Å². The molecule has 2 aliphatic rings. The summed E-state index contributed by atoms with van der Waals surface area (Å²) in [5.41, 5.74) is 0. The zero-order valence-corrected chi connectivity index (χ0v) is 15.2. The minimum absolute atomic E-state index is 0.0163. The van der Waals surface area contributed by atoms with E-state index in [4.69, 9.17) is 4.74 Å². The quantitative estimate of drug-likeness (QED) is 0.642. The molecule has 0 aromatic heterocycles. The predicted molar refractivity (Wildman–Crippen MR) is 92.0 cm³/mol. The number of carbonyl (C=O) groups is 3. The number of nitrogens with one attached hydrogen (secondary N) is 1. The Bertz CT molecular complexity index is 496. The summed E-state index contributed by atoms with van der Waals surface area (Å²) in [6, 6.07) is -1.03. The van der Waals surface area contributed by atoms with E-state index in [0.717, 1.165) is 32.1 Å². The van der Waals surface area contributed by atoms with Gasteiger partial charge in [0.2, 0.25) is 5.91 Å². The number of carboxylic acids is 1. The Hall–Kier alpha value is -1.63. The van der Waals surface area contributed by atoms with Crippen molar-refractivity contribution in [2.24, 2.45) is 5.92 Å². The molecule has 1 saturated heterocycles. The lowest BCUT2D eigenvalue weighted by Crippen LogP contribution is -2.54. The van der Waals surface area contributed by atoms with Crippen molar-refractivity contribution in [3.05, 3.63) is 0 Å². The summed E-state index contributed by atoms with van der Waals surface area (Å²) < 4.78 is 5.11. The Morgan fingerprint density at radius 1 is 1.28 bits per heavy atom. The number of likely N-dealkylation sites (tertiary alicyclic amines) is 1. The second kappa shape index (κ2) is 9.17. The van der Waals surface area contributed by atoms with E-state index >= 15 is 0 Å². The third-order valence-electron chi connectivity index (χ3n) is 5.28. The van der Waals surface area contributed by atoms with E-state index in [1.807, 2.05) is 6.92 Å². The van der Waals surface area contributed by atoms with Crippen LogP contribution in [0.2, 0.25) is 0 Å². The first-order chi connectivity index (χ1) is 12.0. The maximum Gasteiger partial charge on any atom is 0.323 e. The molecule has 0 aromatic rings. The maximum atomic E-state index is 13.0. The number of hydrogen-bond donors (Lipinski definition) is 2. The zero-order chi connectivity index (χ0) is 18.4. The van der Waals surface area contributed by atoms with Crippen LogP contribution in [-0.4, -0.2) is 59.1 Å². The Labute approximate surface area is 149 Å². The third-order valence-corrected chi connectivity index (χ3v) is 5.28. The summed E-state index contributed by atoms with van der Waals surface area (Å²) in [7, 11) is 0. The van der Waals surface area contributed by atoms with Crippen molar-refractivity contribution in [2.75, 3.05) is 13.2 Å². The summed E-state index contributed by atoms with van der Waals surface area (Å²) in [4.78, 5) is 37.9. The van der Waals surface area contributed by atoms with E-state index in [1.165, 1.54) is 4.90 Å². The summed E-state index contributed by atoms with van der Waals surface area (Å²) in [6.07, 6.45) is 5.85. The van der Waals surface area contributed by atoms with Crippen LogP contribution in [0, 0.1) is 5.92 Å². The Kier molecular flexibility index (Phi) is 7.23. The number of ether oxygens (including phenoxy) is 1. The average Bonchev–Trinajstić information content (AvgIpc) is 2.99. The molecule has 2 rings (SSSR count). The second-order valence-electron chi connectivity index (χ2n) is 7.01. The molecule has 0 aromatic carbocycles. The molecule has 0 bridgehead atoms. The second-order valence-corrected chi connectivity index (χ2v) is 7.01. The van der Waals surface area contributed by atoms with Crippen LogP contribution < -0.4 is 5.32 Å². The van der Waals surface area contributed by atoms with Crippen molar-refractivity contribution >= 4 is 17.8 Å². The molecule has 1 aliphatic carbocycles. The van der Waals surface area contributed by atoms with E-state index < -0.39 is 18.1 Å². The first-order valence-corrected chi connectivity index (χ1v) is 9.42. The molecule has 3 unspecified atom stereocenters. The maximum absolute atomic E-state index is 13.0. The van der Waals surface area contributed by atoms with E-state index in [9.17, 15) is 19.5 Å². The molecule has 0 spiro atoms. The Morgan fingerprint density at radius 2 is 2.04 bits per heavy atom. The highest BCUT2D eigenvalue weighted by molar-refractivity contribution is 5.87. The summed E-state index contributed by atoms with van der Waals surface area (Å²) in [5.74, 6) is -1.16. The molecule has 7 heteroatoms. The fourth-order valence-corrected chi connectivity index (χ4v) is 4.17. The highest BCUT2D eigenvalue weighted by Gasteiger charge is 2.42. The molecule has 7 nitrogen and oxygen atoms in total. The van der Waals surface area contributed by atoms with Crippen LogP contribution in [0.4, 0.5) is 0 Å². The van der Waals surface area contributed by atoms with Crippen molar-refractivity contribution in [2.45, 2.75) is 76.9 Å². The molecule has 0 radical (unpaired) electrons. The smallest absolute Gasteiger partial charge is 0.323 e. The van der Waals surface area contributed by atoms with Crippen LogP contribution in [0.25, 0.3) is 0 Å². The van der Waals surface area contributed by atoms with Crippen LogP contribution in [0.1, 0.15) is 58.8 Å². The number of rotatable bonds is 8. The Morgan fingerprint density at radius 3 is 2.68 bits per heavy atom. The van der Waals surface area contributed by atoms with Gasteiger partial charge in [-0.15, -0.1) is 0 Å². The largest absolute Gasteiger partial charge is 0.480 e. The molecule has 25 heavy (non-hydrogen) atoms. The fraction of sp³-hybridized carbons (Fsp3) is 0.833. The van der Waals surface area contributed by atoms with Gasteiger partial charge < -0.3 is 14.7 Å². The van der Waals surface area contributed by atoms with Crippen molar-refractivity contribution < 1.29 is 24.2 Å². The molecule has 1 saturated carbocycles. The number of amides is 1. The van der Waals surface area contributed by atoms with Crippen molar-refractivity contribution in [1.82, 2.24) is 10.2 Å². The van der Waals surface area contributed by atoms with Gasteiger partial charge in [-0.05, 0) is 44.9 Å². The van der Waals surface area contributed by atoms with Crippen LogP contribution in [-0.2, 0) is 19.1 Å².